The van der Waals surface area contributed by atoms with Gasteiger partial charge in [-0.2, -0.15) is 0 Å². The Bertz CT molecular complexity index is 483. The van der Waals surface area contributed by atoms with Crippen LogP contribution in [0.3, 0.4) is 0 Å². The van der Waals surface area contributed by atoms with Gasteiger partial charge in [0.1, 0.15) is 0 Å². The molecular weight excluding hydrogens is 232 g/mol. The van der Waals surface area contributed by atoms with Gasteiger partial charge in [-0.05, 0) is 26.3 Å². The number of aliphatic hydroxyl groups is 1. The number of aryl methyl sites for hydroxylation is 1. The number of ether oxygens (including phenoxy) is 1. The summed E-state index contributed by atoms with van der Waals surface area (Å²) in [5, 5.41) is 9.79. The SMILES string of the molecule is CCOC(=O)C(O)=C(C(C)=O)c1ccc(C)cc1. The van der Waals surface area contributed by atoms with Crippen LogP contribution in [0.15, 0.2) is 30.0 Å². The zero-order valence-corrected chi connectivity index (χ0v) is 10.7. The van der Waals surface area contributed by atoms with Crippen LogP contribution in [-0.2, 0) is 14.3 Å². The highest BCUT2D eigenvalue weighted by atomic mass is 16.5. The molecule has 0 aliphatic carbocycles. The van der Waals surface area contributed by atoms with E-state index in [-0.39, 0.29) is 18.0 Å². The topological polar surface area (TPSA) is 63.6 Å². The normalized spacial score (nSPS) is 11.7. The molecule has 0 radical (unpaired) electrons. The van der Waals surface area contributed by atoms with Crippen LogP contribution in [0.5, 0.6) is 0 Å². The maximum absolute atomic E-state index is 11.6. The molecule has 1 aromatic rings. The van der Waals surface area contributed by atoms with Crippen molar-refractivity contribution in [3.63, 3.8) is 0 Å². The fraction of sp³-hybridized carbons (Fsp3) is 0.286. The molecule has 1 rings (SSSR count). The van der Waals surface area contributed by atoms with Crippen LogP contribution < -0.4 is 0 Å². The van der Waals surface area contributed by atoms with Crippen molar-refractivity contribution in [1.82, 2.24) is 0 Å². The number of rotatable bonds is 4. The van der Waals surface area contributed by atoms with Crippen LogP contribution in [0.1, 0.15) is 25.0 Å². The van der Waals surface area contributed by atoms with E-state index in [1.54, 1.807) is 31.2 Å². The van der Waals surface area contributed by atoms with Gasteiger partial charge in [-0.25, -0.2) is 4.79 Å². The fourth-order valence-corrected chi connectivity index (χ4v) is 1.53. The van der Waals surface area contributed by atoms with Crippen molar-refractivity contribution in [1.29, 1.82) is 0 Å². The molecule has 0 spiro atoms. The van der Waals surface area contributed by atoms with Crippen LogP contribution in [0.2, 0.25) is 0 Å². The first kappa shape index (κ1) is 14.0. The third kappa shape index (κ3) is 3.20. The summed E-state index contributed by atoms with van der Waals surface area (Å²) in [7, 11) is 0. The molecule has 4 heteroatoms. The molecule has 96 valence electrons. The number of hydrogen-bond acceptors (Lipinski definition) is 4. The number of Topliss-reactive ketones (excluding diaryl/α,β-unsaturated/α-hetero) is 1. The van der Waals surface area contributed by atoms with Gasteiger partial charge in [-0.15, -0.1) is 0 Å². The van der Waals surface area contributed by atoms with Crippen molar-refractivity contribution < 1.29 is 19.4 Å². The maximum Gasteiger partial charge on any atom is 0.374 e. The average molecular weight is 248 g/mol. The zero-order valence-electron chi connectivity index (χ0n) is 10.7. The minimum Gasteiger partial charge on any atom is -0.501 e. The van der Waals surface area contributed by atoms with Gasteiger partial charge < -0.3 is 9.84 Å². The Hall–Kier alpha value is -2.10. The molecule has 4 nitrogen and oxygen atoms in total. The monoisotopic (exact) mass is 248 g/mol. The Morgan fingerprint density at radius 1 is 1.22 bits per heavy atom. The molecular formula is C14H16O4. The Morgan fingerprint density at radius 2 is 1.78 bits per heavy atom. The molecule has 0 aromatic heterocycles. The van der Waals surface area contributed by atoms with E-state index >= 15 is 0 Å². The first-order valence-electron chi connectivity index (χ1n) is 5.65. The highest BCUT2D eigenvalue weighted by Crippen LogP contribution is 2.20. The van der Waals surface area contributed by atoms with Gasteiger partial charge in [-0.3, -0.25) is 4.79 Å². The molecule has 0 saturated carbocycles. The van der Waals surface area contributed by atoms with Gasteiger partial charge in [0.25, 0.3) is 0 Å². The van der Waals surface area contributed by atoms with Gasteiger partial charge in [0.2, 0.25) is 5.76 Å². The number of carbonyl (C=O) groups excluding carboxylic acids is 2. The number of benzene rings is 1. The molecule has 0 fully saturated rings. The Balaban J connectivity index is 3.25. The molecule has 1 N–H and O–H groups in total. The van der Waals surface area contributed by atoms with Crippen molar-refractivity contribution in [3.8, 4) is 0 Å². The van der Waals surface area contributed by atoms with Crippen molar-refractivity contribution in [2.45, 2.75) is 20.8 Å². The standard InChI is InChI=1S/C14H16O4/c1-4-18-14(17)13(16)12(10(3)15)11-7-5-9(2)6-8-11/h5-8,16H,4H2,1-3H3. The third-order valence-corrected chi connectivity index (χ3v) is 2.40. The summed E-state index contributed by atoms with van der Waals surface area (Å²) < 4.78 is 4.68. The third-order valence-electron chi connectivity index (χ3n) is 2.40. The van der Waals surface area contributed by atoms with Crippen LogP contribution in [-0.4, -0.2) is 23.5 Å². The summed E-state index contributed by atoms with van der Waals surface area (Å²) in [6.07, 6.45) is 0. The number of allylic oxidation sites excluding steroid dienone is 1. The highest BCUT2D eigenvalue weighted by molar-refractivity contribution is 6.24. The number of ketones is 1. The maximum atomic E-state index is 11.6. The average Bonchev–Trinajstić information content (AvgIpc) is 2.31. The Morgan fingerprint density at radius 3 is 2.22 bits per heavy atom. The van der Waals surface area contributed by atoms with Gasteiger partial charge in [0.05, 0.1) is 12.2 Å². The smallest absolute Gasteiger partial charge is 0.374 e. The van der Waals surface area contributed by atoms with E-state index in [0.717, 1.165) is 5.56 Å². The summed E-state index contributed by atoms with van der Waals surface area (Å²) in [6, 6.07) is 6.97. The van der Waals surface area contributed by atoms with E-state index in [1.165, 1.54) is 6.92 Å². The second-order valence-corrected chi connectivity index (χ2v) is 3.87. The summed E-state index contributed by atoms with van der Waals surface area (Å²) >= 11 is 0. The van der Waals surface area contributed by atoms with E-state index in [2.05, 4.69) is 4.74 Å². The van der Waals surface area contributed by atoms with Gasteiger partial charge in [0, 0.05) is 0 Å². The Kier molecular flexibility index (Phi) is 4.66. The van der Waals surface area contributed by atoms with Crippen LogP contribution in [0.4, 0.5) is 0 Å². The largest absolute Gasteiger partial charge is 0.501 e. The molecule has 0 heterocycles. The lowest BCUT2D eigenvalue weighted by Gasteiger charge is -2.08. The van der Waals surface area contributed by atoms with Crippen LogP contribution in [0.25, 0.3) is 5.57 Å². The van der Waals surface area contributed by atoms with E-state index in [9.17, 15) is 14.7 Å². The summed E-state index contributed by atoms with van der Waals surface area (Å²) in [5.41, 5.74) is 1.50. The van der Waals surface area contributed by atoms with Crippen molar-refractivity contribution in [2.75, 3.05) is 6.61 Å². The number of esters is 1. The summed E-state index contributed by atoms with van der Waals surface area (Å²) in [5.74, 6) is -1.92. The molecule has 18 heavy (non-hydrogen) atoms. The first-order valence-corrected chi connectivity index (χ1v) is 5.65. The minimum atomic E-state index is -0.886. The number of hydrogen-bond donors (Lipinski definition) is 1. The van der Waals surface area contributed by atoms with E-state index < -0.39 is 11.7 Å². The molecule has 0 bridgehead atoms. The second-order valence-electron chi connectivity index (χ2n) is 3.87. The second kappa shape index (κ2) is 6.00. The van der Waals surface area contributed by atoms with Gasteiger partial charge in [0.15, 0.2) is 5.78 Å². The lowest BCUT2D eigenvalue weighted by Crippen LogP contribution is -2.12. The minimum absolute atomic E-state index is 0.0200. The van der Waals surface area contributed by atoms with Crippen molar-refractivity contribution >= 4 is 17.3 Å². The molecule has 0 saturated heterocycles. The van der Waals surface area contributed by atoms with E-state index in [0.29, 0.717) is 5.56 Å². The Labute approximate surface area is 106 Å². The lowest BCUT2D eigenvalue weighted by molar-refractivity contribution is -0.141. The molecule has 0 aliphatic rings. The van der Waals surface area contributed by atoms with Crippen LogP contribution >= 0.6 is 0 Å². The zero-order chi connectivity index (χ0) is 13.7. The van der Waals surface area contributed by atoms with Gasteiger partial charge >= 0.3 is 5.97 Å². The molecule has 0 unspecified atom stereocenters. The van der Waals surface area contributed by atoms with Gasteiger partial charge in [-0.1, -0.05) is 29.8 Å². The molecule has 0 amide bonds. The number of carbonyl (C=O) groups is 2. The lowest BCUT2D eigenvalue weighted by atomic mass is 10.00. The predicted molar refractivity (Wildman–Crippen MR) is 68.0 cm³/mol. The predicted octanol–water partition coefficient (Wildman–Crippen LogP) is 2.42. The molecule has 0 atom stereocenters. The van der Waals surface area contributed by atoms with E-state index in [1.807, 2.05) is 6.92 Å². The first-order chi connectivity index (χ1) is 8.47. The summed E-state index contributed by atoms with van der Waals surface area (Å²) in [4.78, 5) is 23.0. The fourth-order valence-electron chi connectivity index (χ4n) is 1.53. The van der Waals surface area contributed by atoms with Crippen LogP contribution in [0, 0.1) is 6.92 Å². The summed E-state index contributed by atoms with van der Waals surface area (Å²) in [6.45, 7) is 4.98. The number of aliphatic hydroxyl groups excluding tert-OH is 1. The molecule has 0 aliphatic heterocycles. The van der Waals surface area contributed by atoms with E-state index in [4.69, 9.17) is 0 Å². The van der Waals surface area contributed by atoms with Crippen molar-refractivity contribution in [2.24, 2.45) is 0 Å². The van der Waals surface area contributed by atoms with Crippen molar-refractivity contribution in [3.05, 3.63) is 41.2 Å². The quantitative estimate of drug-likeness (QED) is 0.505. The molecule has 1 aromatic carbocycles. The highest BCUT2D eigenvalue weighted by Gasteiger charge is 2.20.